The zero-order valence-corrected chi connectivity index (χ0v) is 11.2. The highest BCUT2D eigenvalue weighted by atomic mass is 35.5. The molecular weight excluding hydrogens is 284 g/mol. The summed E-state index contributed by atoms with van der Waals surface area (Å²) in [5.74, 6) is -1.36. The molecule has 0 radical (unpaired) electrons. The zero-order valence-electron chi connectivity index (χ0n) is 8.85. The number of hydrogen-bond donors (Lipinski definition) is 1. The highest BCUT2D eigenvalue weighted by Crippen LogP contribution is 2.38. The van der Waals surface area contributed by atoms with Crippen LogP contribution in [0.2, 0.25) is 4.34 Å². The molecule has 0 aromatic carbocycles. The SMILES string of the molecule is O=C(O)C1(Cc2ccc(Cl)s2)CCS(=O)(=O)C1. The first-order chi connectivity index (χ1) is 7.83. The highest BCUT2D eigenvalue weighted by molar-refractivity contribution is 7.91. The van der Waals surface area contributed by atoms with E-state index in [0.717, 1.165) is 4.88 Å². The topological polar surface area (TPSA) is 71.4 Å². The van der Waals surface area contributed by atoms with Crippen molar-refractivity contribution < 1.29 is 18.3 Å². The minimum Gasteiger partial charge on any atom is -0.481 e. The van der Waals surface area contributed by atoms with Crippen molar-refractivity contribution in [2.24, 2.45) is 5.41 Å². The molecule has 0 amide bonds. The van der Waals surface area contributed by atoms with E-state index in [1.807, 2.05) is 0 Å². The average molecular weight is 295 g/mol. The van der Waals surface area contributed by atoms with E-state index in [2.05, 4.69) is 0 Å². The normalized spacial score (nSPS) is 27.1. The quantitative estimate of drug-likeness (QED) is 0.923. The number of carboxylic acids is 1. The number of aliphatic carboxylic acids is 1. The van der Waals surface area contributed by atoms with Gasteiger partial charge in [0.05, 0.1) is 21.3 Å². The van der Waals surface area contributed by atoms with Gasteiger partial charge in [-0.1, -0.05) is 11.6 Å². The molecule has 0 bridgehead atoms. The monoisotopic (exact) mass is 294 g/mol. The van der Waals surface area contributed by atoms with Crippen LogP contribution < -0.4 is 0 Å². The van der Waals surface area contributed by atoms with Crippen LogP contribution in [0.15, 0.2) is 12.1 Å². The predicted molar refractivity (Wildman–Crippen MR) is 66.4 cm³/mol. The molecule has 0 saturated carbocycles. The van der Waals surface area contributed by atoms with E-state index < -0.39 is 21.2 Å². The van der Waals surface area contributed by atoms with Crippen molar-refractivity contribution in [3.05, 3.63) is 21.3 Å². The number of carbonyl (C=O) groups is 1. The van der Waals surface area contributed by atoms with Crippen LogP contribution in [0.5, 0.6) is 0 Å². The molecule has 94 valence electrons. The Balaban J connectivity index is 2.28. The molecule has 1 N–H and O–H groups in total. The van der Waals surface area contributed by atoms with Crippen molar-refractivity contribution in [1.82, 2.24) is 0 Å². The minimum absolute atomic E-state index is 0.0432. The maximum atomic E-state index is 11.5. The Hall–Kier alpha value is -0.590. The lowest BCUT2D eigenvalue weighted by molar-refractivity contribution is -0.147. The number of thiophene rings is 1. The molecular formula is C10H11ClO4S2. The van der Waals surface area contributed by atoms with Crippen molar-refractivity contribution in [2.75, 3.05) is 11.5 Å². The average Bonchev–Trinajstić information content (AvgIpc) is 2.72. The van der Waals surface area contributed by atoms with E-state index in [4.69, 9.17) is 11.6 Å². The molecule has 1 atom stereocenters. The molecule has 1 unspecified atom stereocenters. The van der Waals surface area contributed by atoms with Gasteiger partial charge in [0.15, 0.2) is 9.84 Å². The van der Waals surface area contributed by atoms with Crippen molar-refractivity contribution in [1.29, 1.82) is 0 Å². The Morgan fingerprint density at radius 1 is 1.53 bits per heavy atom. The van der Waals surface area contributed by atoms with E-state index in [-0.39, 0.29) is 24.3 Å². The summed E-state index contributed by atoms with van der Waals surface area (Å²) in [6.07, 6.45) is 0.416. The third-order valence-electron chi connectivity index (χ3n) is 2.98. The summed E-state index contributed by atoms with van der Waals surface area (Å²) < 4.78 is 23.5. The van der Waals surface area contributed by atoms with E-state index >= 15 is 0 Å². The van der Waals surface area contributed by atoms with E-state index in [0.29, 0.717) is 4.34 Å². The molecule has 2 rings (SSSR count). The van der Waals surface area contributed by atoms with Crippen LogP contribution >= 0.6 is 22.9 Å². The second-order valence-electron chi connectivity index (χ2n) is 4.31. The number of sulfone groups is 1. The van der Waals surface area contributed by atoms with Crippen molar-refractivity contribution in [3.8, 4) is 0 Å². The van der Waals surface area contributed by atoms with Gasteiger partial charge in [-0.05, 0) is 25.0 Å². The van der Waals surface area contributed by atoms with E-state index in [1.54, 1.807) is 12.1 Å². The van der Waals surface area contributed by atoms with Crippen molar-refractivity contribution in [2.45, 2.75) is 12.8 Å². The molecule has 1 aliphatic heterocycles. The van der Waals surface area contributed by atoms with Crippen LogP contribution in [0, 0.1) is 5.41 Å². The summed E-state index contributed by atoms with van der Waals surface area (Å²) in [6.45, 7) is 0. The standard InChI is InChI=1S/C10H11ClO4S2/c11-8-2-1-7(16-8)5-10(9(12)13)3-4-17(14,15)6-10/h1-2H,3-6H2,(H,12,13). The lowest BCUT2D eigenvalue weighted by Crippen LogP contribution is -2.34. The van der Waals surface area contributed by atoms with Gasteiger partial charge in [0.1, 0.15) is 0 Å². The number of rotatable bonds is 3. The second-order valence-corrected chi connectivity index (χ2v) is 8.29. The molecule has 1 aromatic heterocycles. The first-order valence-electron chi connectivity index (χ1n) is 5.01. The third kappa shape index (κ3) is 2.64. The predicted octanol–water partition coefficient (Wildman–Crippen LogP) is 1.83. The van der Waals surface area contributed by atoms with Crippen LogP contribution in [-0.4, -0.2) is 31.0 Å². The van der Waals surface area contributed by atoms with E-state index in [1.165, 1.54) is 11.3 Å². The van der Waals surface area contributed by atoms with Crippen LogP contribution in [-0.2, 0) is 21.1 Å². The third-order valence-corrected chi connectivity index (χ3v) is 6.03. The smallest absolute Gasteiger partial charge is 0.311 e. The Kier molecular flexibility index (Phi) is 3.22. The van der Waals surface area contributed by atoms with E-state index in [9.17, 15) is 18.3 Å². The van der Waals surface area contributed by atoms with Crippen molar-refractivity contribution in [3.63, 3.8) is 0 Å². The Morgan fingerprint density at radius 3 is 2.65 bits per heavy atom. The summed E-state index contributed by atoms with van der Waals surface area (Å²) in [5.41, 5.74) is -1.17. The van der Waals surface area contributed by atoms with Gasteiger partial charge in [-0.15, -0.1) is 11.3 Å². The highest BCUT2D eigenvalue weighted by Gasteiger charge is 2.48. The van der Waals surface area contributed by atoms with Crippen LogP contribution in [0.1, 0.15) is 11.3 Å². The van der Waals surface area contributed by atoms with Crippen LogP contribution in [0.25, 0.3) is 0 Å². The maximum absolute atomic E-state index is 11.5. The number of halogens is 1. The molecule has 1 fully saturated rings. The van der Waals surface area contributed by atoms with Gasteiger partial charge in [-0.3, -0.25) is 4.79 Å². The molecule has 1 saturated heterocycles. The molecule has 0 aliphatic carbocycles. The first-order valence-corrected chi connectivity index (χ1v) is 8.03. The van der Waals surface area contributed by atoms with Crippen molar-refractivity contribution >= 4 is 38.7 Å². The van der Waals surface area contributed by atoms with Gasteiger partial charge in [0.2, 0.25) is 0 Å². The van der Waals surface area contributed by atoms with Gasteiger partial charge < -0.3 is 5.11 Å². The molecule has 7 heteroatoms. The molecule has 4 nitrogen and oxygen atoms in total. The lowest BCUT2D eigenvalue weighted by Gasteiger charge is -2.21. The summed E-state index contributed by atoms with van der Waals surface area (Å²) in [7, 11) is -3.22. The fourth-order valence-corrected chi connectivity index (χ4v) is 5.37. The van der Waals surface area contributed by atoms with Gasteiger partial charge in [0.25, 0.3) is 0 Å². The van der Waals surface area contributed by atoms with Gasteiger partial charge >= 0.3 is 5.97 Å². The second kappa shape index (κ2) is 4.26. The Labute approximate surface area is 108 Å². The van der Waals surface area contributed by atoms with Gasteiger partial charge in [0, 0.05) is 4.88 Å². The lowest BCUT2D eigenvalue weighted by atomic mass is 9.83. The summed E-state index contributed by atoms with van der Waals surface area (Å²) in [4.78, 5) is 12.1. The summed E-state index contributed by atoms with van der Waals surface area (Å²) >= 11 is 7.08. The summed E-state index contributed by atoms with van der Waals surface area (Å²) in [5, 5.41) is 9.27. The molecule has 1 aliphatic rings. The first kappa shape index (κ1) is 12.9. The summed E-state index contributed by atoms with van der Waals surface area (Å²) in [6, 6.07) is 3.45. The molecule has 2 heterocycles. The van der Waals surface area contributed by atoms with Crippen LogP contribution in [0.3, 0.4) is 0 Å². The van der Waals surface area contributed by atoms with Gasteiger partial charge in [-0.25, -0.2) is 8.42 Å². The molecule has 17 heavy (non-hydrogen) atoms. The van der Waals surface area contributed by atoms with Gasteiger partial charge in [-0.2, -0.15) is 0 Å². The Morgan fingerprint density at radius 2 is 2.24 bits per heavy atom. The fraction of sp³-hybridized carbons (Fsp3) is 0.500. The largest absolute Gasteiger partial charge is 0.481 e. The zero-order chi connectivity index (χ0) is 12.7. The Bertz CT molecular complexity index is 548. The minimum atomic E-state index is -3.22. The number of carboxylic acid groups (broad SMARTS) is 1. The molecule has 0 spiro atoms. The fourth-order valence-electron chi connectivity index (χ4n) is 2.08. The molecule has 1 aromatic rings. The van der Waals surface area contributed by atoms with Crippen LogP contribution in [0.4, 0.5) is 0 Å². The number of hydrogen-bond acceptors (Lipinski definition) is 4. The maximum Gasteiger partial charge on any atom is 0.311 e.